The van der Waals surface area contributed by atoms with E-state index < -0.39 is 0 Å². The van der Waals surface area contributed by atoms with Gasteiger partial charge in [-0.05, 0) is 55.5 Å². The second kappa shape index (κ2) is 9.47. The maximum atomic E-state index is 13.0. The number of aromatic nitrogens is 2. The standard InChI is InChI=1S/C24H29N3O2S/c1-15(2)13-27-23(29)20-8-6-7-9-21(20)26-24(27)30-14-22(28)25-18(5)19-11-10-16(3)17(4)12-19/h6-12,15,18H,13-14H2,1-5H3,(H,25,28)/t18-/m0/s1. The van der Waals surface area contributed by atoms with E-state index in [4.69, 9.17) is 0 Å². The van der Waals surface area contributed by atoms with E-state index in [2.05, 4.69) is 50.1 Å². The second-order valence-corrected chi connectivity index (χ2v) is 9.09. The highest BCUT2D eigenvalue weighted by Gasteiger charge is 2.15. The maximum absolute atomic E-state index is 13.0. The van der Waals surface area contributed by atoms with Gasteiger partial charge in [0.2, 0.25) is 5.91 Å². The minimum Gasteiger partial charge on any atom is -0.349 e. The van der Waals surface area contributed by atoms with Crippen molar-refractivity contribution >= 4 is 28.6 Å². The van der Waals surface area contributed by atoms with Crippen LogP contribution in [0, 0.1) is 19.8 Å². The molecule has 0 unspecified atom stereocenters. The van der Waals surface area contributed by atoms with E-state index in [9.17, 15) is 9.59 Å². The van der Waals surface area contributed by atoms with Crippen molar-refractivity contribution in [1.29, 1.82) is 0 Å². The average molecular weight is 424 g/mol. The summed E-state index contributed by atoms with van der Waals surface area (Å²) in [5, 5.41) is 4.24. The molecule has 0 aliphatic rings. The van der Waals surface area contributed by atoms with Crippen molar-refractivity contribution in [2.45, 2.75) is 52.4 Å². The van der Waals surface area contributed by atoms with Crippen LogP contribution < -0.4 is 10.9 Å². The average Bonchev–Trinajstić information content (AvgIpc) is 2.70. The number of hydrogen-bond donors (Lipinski definition) is 1. The molecule has 3 rings (SSSR count). The van der Waals surface area contributed by atoms with Crippen LogP contribution >= 0.6 is 11.8 Å². The second-order valence-electron chi connectivity index (χ2n) is 8.14. The highest BCUT2D eigenvalue weighted by atomic mass is 32.2. The highest BCUT2D eigenvalue weighted by molar-refractivity contribution is 7.99. The number of fused-ring (bicyclic) bond motifs is 1. The minimum absolute atomic E-state index is 0.0549. The Hall–Kier alpha value is -2.60. The number of rotatable bonds is 7. The van der Waals surface area contributed by atoms with Crippen molar-refractivity contribution in [2.24, 2.45) is 5.92 Å². The van der Waals surface area contributed by atoms with E-state index in [0.29, 0.717) is 28.5 Å². The van der Waals surface area contributed by atoms with Crippen LogP contribution in [0.25, 0.3) is 10.9 Å². The summed E-state index contributed by atoms with van der Waals surface area (Å²) in [5.74, 6) is 0.422. The Bertz CT molecular complexity index is 1120. The summed E-state index contributed by atoms with van der Waals surface area (Å²) in [7, 11) is 0. The molecule has 0 bridgehead atoms. The maximum Gasteiger partial charge on any atom is 0.262 e. The molecule has 0 radical (unpaired) electrons. The number of benzene rings is 2. The largest absolute Gasteiger partial charge is 0.349 e. The van der Waals surface area contributed by atoms with Gasteiger partial charge < -0.3 is 5.32 Å². The third-order valence-corrected chi connectivity index (χ3v) is 6.09. The quantitative estimate of drug-likeness (QED) is 0.444. The number of carbonyl (C=O) groups excluding carboxylic acids is 1. The minimum atomic E-state index is -0.0835. The van der Waals surface area contributed by atoms with E-state index in [1.807, 2.05) is 31.2 Å². The van der Waals surface area contributed by atoms with Gasteiger partial charge in [0.05, 0.1) is 22.7 Å². The van der Waals surface area contributed by atoms with Crippen LogP contribution in [0.15, 0.2) is 52.4 Å². The first kappa shape index (κ1) is 22.1. The third kappa shape index (κ3) is 5.11. The molecular formula is C24H29N3O2S. The fraction of sp³-hybridized carbons (Fsp3) is 0.375. The zero-order valence-electron chi connectivity index (χ0n) is 18.2. The highest BCUT2D eigenvalue weighted by Crippen LogP contribution is 2.20. The molecule has 1 N–H and O–H groups in total. The van der Waals surface area contributed by atoms with Gasteiger partial charge in [-0.3, -0.25) is 14.2 Å². The van der Waals surface area contributed by atoms with Crippen LogP contribution in [0.3, 0.4) is 0 Å². The monoisotopic (exact) mass is 423 g/mol. The first-order valence-corrected chi connectivity index (χ1v) is 11.2. The zero-order chi connectivity index (χ0) is 21.8. The van der Waals surface area contributed by atoms with Crippen LogP contribution in [-0.4, -0.2) is 21.2 Å². The first-order chi connectivity index (χ1) is 14.3. The summed E-state index contributed by atoms with van der Waals surface area (Å²) >= 11 is 1.31. The van der Waals surface area contributed by atoms with Gasteiger partial charge in [-0.1, -0.05) is 55.9 Å². The normalized spacial score (nSPS) is 12.3. The zero-order valence-corrected chi connectivity index (χ0v) is 19.0. The summed E-state index contributed by atoms with van der Waals surface area (Å²) in [6, 6.07) is 13.5. The molecule has 158 valence electrons. The fourth-order valence-corrected chi connectivity index (χ4v) is 4.13. The van der Waals surface area contributed by atoms with Gasteiger partial charge in [0, 0.05) is 6.54 Å². The molecule has 1 heterocycles. The van der Waals surface area contributed by atoms with E-state index in [1.165, 1.54) is 22.9 Å². The predicted octanol–water partition coefficient (Wildman–Crippen LogP) is 4.64. The Morgan fingerprint density at radius 3 is 2.53 bits per heavy atom. The summed E-state index contributed by atoms with van der Waals surface area (Å²) < 4.78 is 1.69. The van der Waals surface area contributed by atoms with E-state index in [-0.39, 0.29) is 23.3 Å². The van der Waals surface area contributed by atoms with Crippen LogP contribution in [0.2, 0.25) is 0 Å². The number of nitrogens with one attached hydrogen (secondary N) is 1. The molecule has 0 aliphatic carbocycles. The van der Waals surface area contributed by atoms with Crippen molar-refractivity contribution in [3.8, 4) is 0 Å². The van der Waals surface area contributed by atoms with Gasteiger partial charge in [-0.2, -0.15) is 0 Å². The lowest BCUT2D eigenvalue weighted by atomic mass is 10.0. The molecule has 1 atom stereocenters. The number of nitrogens with zero attached hydrogens (tertiary/aromatic N) is 2. The number of carbonyl (C=O) groups is 1. The van der Waals surface area contributed by atoms with Crippen molar-refractivity contribution in [2.75, 3.05) is 5.75 Å². The first-order valence-electron chi connectivity index (χ1n) is 10.2. The number of para-hydroxylation sites is 1. The van der Waals surface area contributed by atoms with Crippen molar-refractivity contribution in [3.05, 3.63) is 69.5 Å². The Morgan fingerprint density at radius 1 is 1.10 bits per heavy atom. The molecular weight excluding hydrogens is 394 g/mol. The van der Waals surface area contributed by atoms with Crippen LogP contribution in [0.4, 0.5) is 0 Å². The summed E-state index contributed by atoms with van der Waals surface area (Å²) in [5.41, 5.74) is 4.13. The van der Waals surface area contributed by atoms with E-state index in [0.717, 1.165) is 5.56 Å². The molecule has 3 aromatic rings. The van der Waals surface area contributed by atoms with Crippen LogP contribution in [-0.2, 0) is 11.3 Å². The molecule has 0 saturated carbocycles. The van der Waals surface area contributed by atoms with Gasteiger partial charge in [-0.15, -0.1) is 0 Å². The van der Waals surface area contributed by atoms with Gasteiger partial charge in [0.1, 0.15) is 0 Å². The lowest BCUT2D eigenvalue weighted by molar-refractivity contribution is -0.119. The molecule has 1 aromatic heterocycles. The number of thioether (sulfide) groups is 1. The Balaban J connectivity index is 1.76. The molecule has 2 aromatic carbocycles. The summed E-state index contributed by atoms with van der Waals surface area (Å²) in [4.78, 5) is 30.2. The lowest BCUT2D eigenvalue weighted by Gasteiger charge is -2.17. The number of hydrogen-bond acceptors (Lipinski definition) is 4. The molecule has 0 aliphatic heterocycles. The van der Waals surface area contributed by atoms with Gasteiger partial charge >= 0.3 is 0 Å². The van der Waals surface area contributed by atoms with Gasteiger partial charge in [0.15, 0.2) is 5.16 Å². The summed E-state index contributed by atoms with van der Waals surface area (Å²) in [6.07, 6.45) is 0. The molecule has 0 saturated heterocycles. The molecule has 6 heteroatoms. The fourth-order valence-electron chi connectivity index (χ4n) is 3.31. The molecule has 0 spiro atoms. The van der Waals surface area contributed by atoms with E-state index in [1.54, 1.807) is 10.6 Å². The lowest BCUT2D eigenvalue weighted by Crippen LogP contribution is -2.29. The third-order valence-electron chi connectivity index (χ3n) is 5.12. The molecule has 0 fully saturated rings. The molecule has 30 heavy (non-hydrogen) atoms. The van der Waals surface area contributed by atoms with E-state index >= 15 is 0 Å². The Morgan fingerprint density at radius 2 is 1.83 bits per heavy atom. The topological polar surface area (TPSA) is 64.0 Å². The number of aryl methyl sites for hydroxylation is 2. The van der Waals surface area contributed by atoms with Crippen LogP contribution in [0.5, 0.6) is 0 Å². The smallest absolute Gasteiger partial charge is 0.262 e. The summed E-state index contributed by atoms with van der Waals surface area (Å²) in [6.45, 7) is 10.8. The Labute approximate surface area is 181 Å². The van der Waals surface area contributed by atoms with Crippen molar-refractivity contribution < 1.29 is 4.79 Å². The van der Waals surface area contributed by atoms with Crippen molar-refractivity contribution in [3.63, 3.8) is 0 Å². The van der Waals surface area contributed by atoms with Crippen molar-refractivity contribution in [1.82, 2.24) is 14.9 Å². The molecule has 1 amide bonds. The van der Waals surface area contributed by atoms with Gasteiger partial charge in [0.25, 0.3) is 5.56 Å². The molecule has 5 nitrogen and oxygen atoms in total. The predicted molar refractivity (Wildman–Crippen MR) is 124 cm³/mol. The number of amides is 1. The van der Waals surface area contributed by atoms with Gasteiger partial charge in [-0.25, -0.2) is 4.98 Å². The Kier molecular flexibility index (Phi) is 6.98. The SMILES string of the molecule is Cc1ccc([C@H](C)NC(=O)CSc2nc3ccccc3c(=O)n2CC(C)C)cc1C. The van der Waals surface area contributed by atoms with Crippen LogP contribution in [0.1, 0.15) is 43.5 Å².